The molecule has 1 aliphatic rings. The van der Waals surface area contributed by atoms with E-state index < -0.39 is 0 Å². The normalized spacial score (nSPS) is 38.8. The first kappa shape index (κ1) is 15.7. The fourth-order valence-electron chi connectivity index (χ4n) is 1.78. The minimum atomic E-state index is 0.552. The molecule has 16 heavy (non-hydrogen) atoms. The molecule has 0 aromatic heterocycles. The average molecular weight is 482 g/mol. The number of halogens is 4. The zero-order valence-electron chi connectivity index (χ0n) is 9.22. The lowest BCUT2D eigenvalue weighted by Crippen LogP contribution is -2.19. The zero-order valence-corrected chi connectivity index (χ0v) is 15.6. The topological polar surface area (TPSA) is 0 Å². The van der Waals surface area contributed by atoms with Gasteiger partial charge in [-0.05, 0) is 38.5 Å². The fourth-order valence-corrected chi connectivity index (χ4v) is 3.86. The Hall–Kier alpha value is 1.66. The molecule has 0 nitrogen and oxygen atoms in total. The molecule has 0 radical (unpaired) electrons. The maximum atomic E-state index is 3.79. The van der Waals surface area contributed by atoms with Crippen molar-refractivity contribution in [1.29, 1.82) is 0 Å². The van der Waals surface area contributed by atoms with Gasteiger partial charge in [0.2, 0.25) is 0 Å². The van der Waals surface area contributed by atoms with Crippen LogP contribution in [0.1, 0.15) is 38.5 Å². The molecular formula is C12H18Br4. The maximum Gasteiger partial charge on any atom is 0.0305 e. The van der Waals surface area contributed by atoms with E-state index in [-0.39, 0.29) is 0 Å². The monoisotopic (exact) mass is 478 g/mol. The van der Waals surface area contributed by atoms with Gasteiger partial charge in [-0.2, -0.15) is 0 Å². The van der Waals surface area contributed by atoms with E-state index in [9.17, 15) is 0 Å². The minimum absolute atomic E-state index is 0.552. The van der Waals surface area contributed by atoms with Gasteiger partial charge in [0.05, 0.1) is 0 Å². The highest BCUT2D eigenvalue weighted by Gasteiger charge is 2.20. The highest BCUT2D eigenvalue weighted by Crippen LogP contribution is 2.29. The SMILES string of the molecule is BrC1CC=CCCCC(Br)C(Br)CCC1Br. The van der Waals surface area contributed by atoms with E-state index in [0.29, 0.717) is 19.3 Å². The second-order valence-electron chi connectivity index (χ2n) is 4.28. The van der Waals surface area contributed by atoms with Gasteiger partial charge in [0, 0.05) is 19.3 Å². The second-order valence-corrected chi connectivity index (χ2v) is 8.98. The highest BCUT2D eigenvalue weighted by molar-refractivity contribution is 9.12. The molecule has 4 atom stereocenters. The summed E-state index contributed by atoms with van der Waals surface area (Å²) in [5.74, 6) is 0. The molecule has 0 aromatic carbocycles. The Balaban J connectivity index is 2.52. The van der Waals surface area contributed by atoms with Crippen molar-refractivity contribution in [3.05, 3.63) is 12.2 Å². The van der Waals surface area contributed by atoms with E-state index in [1.165, 1.54) is 32.1 Å². The van der Waals surface area contributed by atoms with Gasteiger partial charge < -0.3 is 0 Å². The molecule has 1 rings (SSSR count). The van der Waals surface area contributed by atoms with E-state index in [1.54, 1.807) is 0 Å². The van der Waals surface area contributed by atoms with E-state index >= 15 is 0 Å². The van der Waals surface area contributed by atoms with Gasteiger partial charge in [-0.25, -0.2) is 0 Å². The Morgan fingerprint density at radius 3 is 1.94 bits per heavy atom. The fraction of sp³-hybridized carbons (Fsp3) is 0.833. The molecule has 0 amide bonds. The standard InChI is InChI=1S/C12H18Br4/c13-9-5-3-1-2-4-6-10(14)12(16)8-7-11(9)15/h1,3,9-12H,2,4-8H2. The Labute approximate surface area is 133 Å². The van der Waals surface area contributed by atoms with Crippen LogP contribution in [0.4, 0.5) is 0 Å². The lowest BCUT2D eigenvalue weighted by molar-refractivity contribution is 0.614. The molecule has 0 aromatic rings. The van der Waals surface area contributed by atoms with Crippen LogP contribution in [0.3, 0.4) is 0 Å². The molecule has 0 N–H and O–H groups in total. The molecule has 4 heteroatoms. The first-order valence-corrected chi connectivity index (χ1v) is 9.49. The van der Waals surface area contributed by atoms with Gasteiger partial charge >= 0.3 is 0 Å². The number of hydrogen-bond acceptors (Lipinski definition) is 0. The van der Waals surface area contributed by atoms with Crippen molar-refractivity contribution in [2.45, 2.75) is 57.8 Å². The van der Waals surface area contributed by atoms with Gasteiger partial charge in [0.15, 0.2) is 0 Å². The van der Waals surface area contributed by atoms with Crippen molar-refractivity contribution in [2.75, 3.05) is 0 Å². The minimum Gasteiger partial charge on any atom is -0.0885 e. The van der Waals surface area contributed by atoms with Crippen LogP contribution in [0, 0.1) is 0 Å². The van der Waals surface area contributed by atoms with Crippen LogP contribution < -0.4 is 0 Å². The van der Waals surface area contributed by atoms with Crippen LogP contribution in [0.2, 0.25) is 0 Å². The summed E-state index contributed by atoms with van der Waals surface area (Å²) in [7, 11) is 0. The number of hydrogen-bond donors (Lipinski definition) is 0. The summed E-state index contributed by atoms with van der Waals surface area (Å²) >= 11 is 15.1. The van der Waals surface area contributed by atoms with Crippen LogP contribution in [0.15, 0.2) is 12.2 Å². The summed E-state index contributed by atoms with van der Waals surface area (Å²) in [5.41, 5.74) is 0. The predicted octanol–water partition coefficient (Wildman–Crippen LogP) is 5.95. The number of alkyl halides is 4. The lowest BCUT2D eigenvalue weighted by Gasteiger charge is -2.21. The molecule has 0 aliphatic heterocycles. The third kappa shape index (κ3) is 6.01. The summed E-state index contributed by atoms with van der Waals surface area (Å²) in [6, 6.07) is 0. The highest BCUT2D eigenvalue weighted by atomic mass is 79.9. The molecule has 0 fully saturated rings. The van der Waals surface area contributed by atoms with Crippen LogP contribution in [-0.2, 0) is 0 Å². The average Bonchev–Trinajstić information content (AvgIpc) is 2.27. The largest absolute Gasteiger partial charge is 0.0885 e. The van der Waals surface area contributed by atoms with Gasteiger partial charge in [0.25, 0.3) is 0 Å². The molecule has 0 saturated heterocycles. The van der Waals surface area contributed by atoms with Crippen molar-refractivity contribution < 1.29 is 0 Å². The van der Waals surface area contributed by atoms with E-state index in [2.05, 4.69) is 75.9 Å². The van der Waals surface area contributed by atoms with Crippen molar-refractivity contribution in [3.63, 3.8) is 0 Å². The number of rotatable bonds is 0. The smallest absolute Gasteiger partial charge is 0.0305 e. The van der Waals surface area contributed by atoms with Gasteiger partial charge in [-0.1, -0.05) is 75.9 Å². The van der Waals surface area contributed by atoms with Crippen LogP contribution >= 0.6 is 63.7 Å². The van der Waals surface area contributed by atoms with Crippen molar-refractivity contribution in [1.82, 2.24) is 0 Å². The quantitative estimate of drug-likeness (QED) is 0.296. The second kappa shape index (κ2) is 8.71. The van der Waals surface area contributed by atoms with E-state index in [4.69, 9.17) is 0 Å². The summed E-state index contributed by atoms with van der Waals surface area (Å²) in [6.45, 7) is 0. The van der Waals surface area contributed by atoms with Crippen LogP contribution in [0.5, 0.6) is 0 Å². The summed E-state index contributed by atoms with van der Waals surface area (Å²) in [4.78, 5) is 2.32. The van der Waals surface area contributed by atoms with Gasteiger partial charge in [-0.15, -0.1) is 0 Å². The third-order valence-corrected chi connectivity index (χ3v) is 8.60. The van der Waals surface area contributed by atoms with Crippen molar-refractivity contribution >= 4 is 63.7 Å². The first-order valence-electron chi connectivity index (χ1n) is 5.82. The van der Waals surface area contributed by atoms with Crippen LogP contribution in [-0.4, -0.2) is 19.3 Å². The lowest BCUT2D eigenvalue weighted by atomic mass is 10.0. The Kier molecular flexibility index (Phi) is 8.55. The summed E-state index contributed by atoms with van der Waals surface area (Å²) < 4.78 is 0. The Morgan fingerprint density at radius 1 is 0.688 bits per heavy atom. The molecule has 1 aliphatic carbocycles. The van der Waals surface area contributed by atoms with Crippen molar-refractivity contribution in [3.8, 4) is 0 Å². The molecule has 0 bridgehead atoms. The Morgan fingerprint density at radius 2 is 1.25 bits per heavy atom. The molecule has 0 spiro atoms. The summed E-state index contributed by atoms with van der Waals surface area (Å²) in [6.07, 6.45) is 11.9. The molecule has 4 unspecified atom stereocenters. The predicted molar refractivity (Wildman–Crippen MR) is 87.7 cm³/mol. The van der Waals surface area contributed by atoms with E-state index in [1.807, 2.05) is 0 Å². The molecule has 94 valence electrons. The molecular weight excluding hydrogens is 464 g/mol. The zero-order chi connectivity index (χ0) is 12.0. The number of allylic oxidation sites excluding steroid dienone is 2. The third-order valence-electron chi connectivity index (χ3n) is 2.88. The van der Waals surface area contributed by atoms with Crippen molar-refractivity contribution in [2.24, 2.45) is 0 Å². The van der Waals surface area contributed by atoms with E-state index in [0.717, 1.165) is 6.42 Å². The van der Waals surface area contributed by atoms with Gasteiger partial charge in [0.1, 0.15) is 0 Å². The van der Waals surface area contributed by atoms with Gasteiger partial charge in [-0.3, -0.25) is 0 Å². The Bertz CT molecular complexity index is 217. The molecule has 0 heterocycles. The summed E-state index contributed by atoms with van der Waals surface area (Å²) in [5, 5.41) is 0. The van der Waals surface area contributed by atoms with Crippen LogP contribution in [0.25, 0.3) is 0 Å². The first-order chi connectivity index (χ1) is 7.61. The molecule has 0 saturated carbocycles. The maximum absolute atomic E-state index is 3.79.